The Kier molecular flexibility index (Phi) is 5.83. The Labute approximate surface area is 170 Å². The number of esters is 1. The molecule has 2 saturated heterocycles. The second-order valence-corrected chi connectivity index (χ2v) is 7.00. The van der Waals surface area contributed by atoms with Gasteiger partial charge < -0.3 is 19.6 Å². The Morgan fingerprint density at radius 2 is 1.87 bits per heavy atom. The van der Waals surface area contributed by atoms with Crippen molar-refractivity contribution < 1.29 is 38.2 Å². The molecule has 0 spiro atoms. The molecule has 10 nitrogen and oxygen atoms in total. The summed E-state index contributed by atoms with van der Waals surface area (Å²) >= 11 is 0. The number of aliphatic hydroxyl groups is 1. The smallest absolute Gasteiger partial charge is 0.325 e. The molecule has 3 rings (SSSR count). The standard InChI is InChI=1S/C19H20FN3O7/c1-21-17(27)13(15(25)19(21)29)14-18(28)22(9-12(24)30-2)6-7-23(14)16(26)10-4-3-5-11(20)8-10/h3-5,8,13-15,25H,6-7,9H2,1-2H3. The number of carbonyl (C=O) groups excluding carboxylic acids is 5. The molecule has 4 amide bonds. The SMILES string of the molecule is COC(=O)CN1CCN(C(=O)c2cccc(F)c2)C(C2C(=O)N(C)C(=O)C2O)C1=O. The minimum Gasteiger partial charge on any atom is -0.468 e. The zero-order chi connectivity index (χ0) is 22.2. The molecule has 0 aliphatic carbocycles. The van der Waals surface area contributed by atoms with Crippen LogP contribution in [-0.4, -0.2) is 95.3 Å². The molecule has 30 heavy (non-hydrogen) atoms. The predicted octanol–water partition coefficient (Wildman–Crippen LogP) is -1.37. The van der Waals surface area contributed by atoms with Gasteiger partial charge in [0.15, 0.2) is 0 Å². The number of piperazine rings is 1. The van der Waals surface area contributed by atoms with Crippen LogP contribution >= 0.6 is 0 Å². The number of carbonyl (C=O) groups is 5. The largest absolute Gasteiger partial charge is 0.468 e. The maximum atomic E-state index is 13.6. The molecule has 3 atom stereocenters. The van der Waals surface area contributed by atoms with Crippen molar-refractivity contribution in [2.45, 2.75) is 12.1 Å². The molecule has 2 aliphatic rings. The van der Waals surface area contributed by atoms with Gasteiger partial charge in [0, 0.05) is 25.7 Å². The van der Waals surface area contributed by atoms with E-state index in [1.54, 1.807) is 0 Å². The van der Waals surface area contributed by atoms with Gasteiger partial charge in [0.05, 0.1) is 7.11 Å². The summed E-state index contributed by atoms with van der Waals surface area (Å²) in [5.41, 5.74) is -0.0613. The van der Waals surface area contributed by atoms with E-state index in [0.717, 1.165) is 36.1 Å². The third kappa shape index (κ3) is 3.63. The first kappa shape index (κ1) is 21.4. The number of methoxy groups -OCH3 is 1. The van der Waals surface area contributed by atoms with Crippen LogP contribution in [0.1, 0.15) is 10.4 Å². The van der Waals surface area contributed by atoms with E-state index in [0.29, 0.717) is 4.90 Å². The van der Waals surface area contributed by atoms with Crippen molar-refractivity contribution in [2.24, 2.45) is 5.92 Å². The van der Waals surface area contributed by atoms with Gasteiger partial charge in [-0.15, -0.1) is 0 Å². The number of likely N-dealkylation sites (tertiary alicyclic amines) is 1. The van der Waals surface area contributed by atoms with E-state index in [9.17, 15) is 33.5 Å². The van der Waals surface area contributed by atoms with Crippen LogP contribution in [0, 0.1) is 11.7 Å². The fraction of sp³-hybridized carbons (Fsp3) is 0.421. The summed E-state index contributed by atoms with van der Waals surface area (Å²) in [6, 6.07) is 3.24. The van der Waals surface area contributed by atoms with Gasteiger partial charge in [-0.1, -0.05) is 6.07 Å². The highest BCUT2D eigenvalue weighted by Gasteiger charge is 2.55. The lowest BCUT2D eigenvalue weighted by atomic mass is 9.90. The topological polar surface area (TPSA) is 125 Å². The van der Waals surface area contributed by atoms with Crippen LogP contribution in [0.2, 0.25) is 0 Å². The van der Waals surface area contributed by atoms with E-state index < -0.39 is 60.0 Å². The van der Waals surface area contributed by atoms with Gasteiger partial charge in [-0.3, -0.25) is 28.9 Å². The number of amides is 4. The number of halogens is 1. The van der Waals surface area contributed by atoms with Crippen LogP contribution in [0.15, 0.2) is 24.3 Å². The van der Waals surface area contributed by atoms with E-state index in [4.69, 9.17) is 0 Å². The summed E-state index contributed by atoms with van der Waals surface area (Å²) in [6.07, 6.45) is -1.84. The number of hydrogen-bond acceptors (Lipinski definition) is 7. The van der Waals surface area contributed by atoms with Gasteiger partial charge in [0.1, 0.15) is 30.4 Å². The van der Waals surface area contributed by atoms with Crippen molar-refractivity contribution >= 4 is 29.6 Å². The maximum Gasteiger partial charge on any atom is 0.325 e. The maximum absolute atomic E-state index is 13.6. The Balaban J connectivity index is 2.00. The number of benzene rings is 1. The molecule has 1 N–H and O–H groups in total. The van der Waals surface area contributed by atoms with Crippen LogP contribution in [0.5, 0.6) is 0 Å². The highest BCUT2D eigenvalue weighted by molar-refractivity contribution is 6.10. The molecule has 1 aromatic carbocycles. The summed E-state index contributed by atoms with van der Waals surface area (Å²) in [5.74, 6) is -6.19. The summed E-state index contributed by atoms with van der Waals surface area (Å²) in [6.45, 7) is -0.571. The van der Waals surface area contributed by atoms with Crippen molar-refractivity contribution in [1.82, 2.24) is 14.7 Å². The van der Waals surface area contributed by atoms with Crippen LogP contribution in [0.3, 0.4) is 0 Å². The van der Waals surface area contributed by atoms with Gasteiger partial charge in [-0.2, -0.15) is 0 Å². The Morgan fingerprint density at radius 3 is 2.43 bits per heavy atom. The monoisotopic (exact) mass is 421 g/mol. The first-order valence-corrected chi connectivity index (χ1v) is 9.09. The van der Waals surface area contributed by atoms with E-state index >= 15 is 0 Å². The zero-order valence-electron chi connectivity index (χ0n) is 16.3. The number of imide groups is 1. The normalized spacial score (nSPS) is 24.5. The van der Waals surface area contributed by atoms with E-state index in [2.05, 4.69) is 4.74 Å². The molecule has 2 fully saturated rings. The predicted molar refractivity (Wildman–Crippen MR) is 97.1 cm³/mol. The van der Waals surface area contributed by atoms with Gasteiger partial charge in [-0.05, 0) is 18.2 Å². The molecule has 0 bridgehead atoms. The molecule has 160 valence electrons. The molecule has 3 unspecified atom stereocenters. The van der Waals surface area contributed by atoms with Gasteiger partial charge in [0.2, 0.25) is 11.8 Å². The quantitative estimate of drug-likeness (QED) is 0.470. The molecular formula is C19H20FN3O7. The minimum absolute atomic E-state index is 0.0493. The van der Waals surface area contributed by atoms with E-state index in [1.807, 2.05) is 0 Å². The molecule has 2 heterocycles. The number of ether oxygens (including phenoxy) is 1. The third-order valence-corrected chi connectivity index (χ3v) is 5.27. The number of nitrogens with zero attached hydrogens (tertiary/aromatic N) is 3. The fourth-order valence-electron chi connectivity index (χ4n) is 3.67. The van der Waals surface area contributed by atoms with Crippen molar-refractivity contribution in [3.8, 4) is 0 Å². The average molecular weight is 421 g/mol. The summed E-state index contributed by atoms with van der Waals surface area (Å²) in [5, 5.41) is 10.3. The lowest BCUT2D eigenvalue weighted by Crippen LogP contribution is -2.64. The van der Waals surface area contributed by atoms with E-state index in [1.165, 1.54) is 12.1 Å². The van der Waals surface area contributed by atoms with Crippen molar-refractivity contribution in [3.63, 3.8) is 0 Å². The average Bonchev–Trinajstić information content (AvgIpc) is 2.91. The second kappa shape index (κ2) is 8.19. The Bertz CT molecular complexity index is 921. The van der Waals surface area contributed by atoms with Crippen molar-refractivity contribution in [3.05, 3.63) is 35.6 Å². The Hall–Kier alpha value is -3.34. The van der Waals surface area contributed by atoms with Gasteiger partial charge in [-0.25, -0.2) is 4.39 Å². The van der Waals surface area contributed by atoms with Crippen LogP contribution in [0.4, 0.5) is 4.39 Å². The van der Waals surface area contributed by atoms with Crippen LogP contribution in [-0.2, 0) is 23.9 Å². The highest BCUT2D eigenvalue weighted by Crippen LogP contribution is 2.30. The first-order valence-electron chi connectivity index (χ1n) is 9.09. The molecule has 1 aromatic rings. The molecular weight excluding hydrogens is 401 g/mol. The molecule has 2 aliphatic heterocycles. The van der Waals surface area contributed by atoms with Gasteiger partial charge in [0.25, 0.3) is 11.8 Å². The highest BCUT2D eigenvalue weighted by atomic mass is 19.1. The summed E-state index contributed by atoms with van der Waals surface area (Å²) in [7, 11) is 2.30. The summed E-state index contributed by atoms with van der Waals surface area (Å²) < 4.78 is 18.2. The van der Waals surface area contributed by atoms with Crippen LogP contribution < -0.4 is 0 Å². The van der Waals surface area contributed by atoms with E-state index in [-0.39, 0.29) is 18.7 Å². The number of aliphatic hydroxyl groups excluding tert-OH is 1. The fourth-order valence-corrected chi connectivity index (χ4v) is 3.67. The van der Waals surface area contributed by atoms with Crippen LogP contribution in [0.25, 0.3) is 0 Å². The first-order chi connectivity index (χ1) is 14.2. The lowest BCUT2D eigenvalue weighted by Gasteiger charge is -2.42. The number of rotatable bonds is 4. The van der Waals surface area contributed by atoms with Crippen molar-refractivity contribution in [1.29, 1.82) is 0 Å². The molecule has 0 aromatic heterocycles. The minimum atomic E-state index is -1.84. The number of likely N-dealkylation sites (N-methyl/N-ethyl adjacent to an activating group) is 1. The lowest BCUT2D eigenvalue weighted by molar-refractivity contribution is -0.155. The molecule has 11 heteroatoms. The zero-order valence-corrected chi connectivity index (χ0v) is 16.3. The van der Waals surface area contributed by atoms with Gasteiger partial charge >= 0.3 is 5.97 Å². The summed E-state index contributed by atoms with van der Waals surface area (Å²) in [4.78, 5) is 65.3. The Morgan fingerprint density at radius 1 is 1.17 bits per heavy atom. The second-order valence-electron chi connectivity index (χ2n) is 7.00. The molecule has 0 saturated carbocycles. The number of hydrogen-bond donors (Lipinski definition) is 1. The van der Waals surface area contributed by atoms with Crippen molar-refractivity contribution in [2.75, 3.05) is 33.8 Å². The molecule has 0 radical (unpaired) electrons. The third-order valence-electron chi connectivity index (χ3n) is 5.27.